The molecule has 0 aromatic heterocycles. The molecule has 0 aromatic rings. The molecule has 1 atom stereocenters. The Morgan fingerprint density at radius 2 is 1.13 bits per heavy atom. The largest absolute Gasteiger partial charge is 0.726 e. The standard InChI is InChI=1S/C21H46NO.C2H6O4S/c1-4-6-7-8-9-10-11-12-13-14-15-16-17-18-19-22(3,5-2)20-21-23;1-2-6-7(3,4)5/h23H,4-21H2,1-3H3;2H2,1H3,(H,3,4,5)/q+1;/p-1. The van der Waals surface area contributed by atoms with Crippen molar-refractivity contribution in [2.75, 3.05) is 39.9 Å². The van der Waals surface area contributed by atoms with E-state index in [1.54, 1.807) is 0 Å². The molecule has 0 aliphatic carbocycles. The van der Waals surface area contributed by atoms with Gasteiger partial charge in [0.2, 0.25) is 10.4 Å². The minimum absolute atomic E-state index is 0.0914. The van der Waals surface area contributed by atoms with E-state index in [9.17, 15) is 13.0 Å². The van der Waals surface area contributed by atoms with Crippen molar-refractivity contribution >= 4 is 10.4 Å². The van der Waals surface area contributed by atoms with Gasteiger partial charge >= 0.3 is 0 Å². The van der Waals surface area contributed by atoms with Crippen molar-refractivity contribution < 1.29 is 26.7 Å². The quantitative estimate of drug-likeness (QED) is 0.115. The molecule has 6 nitrogen and oxygen atoms in total. The smallest absolute Gasteiger partial charge is 0.217 e. The summed E-state index contributed by atoms with van der Waals surface area (Å²) in [7, 11) is -2.15. The van der Waals surface area contributed by atoms with Crippen LogP contribution in [0, 0.1) is 0 Å². The first-order chi connectivity index (χ1) is 14.2. The Balaban J connectivity index is 0. The first kappa shape index (κ1) is 32.0. The fourth-order valence-corrected chi connectivity index (χ4v) is 3.79. The van der Waals surface area contributed by atoms with Crippen molar-refractivity contribution in [1.29, 1.82) is 0 Å². The second kappa shape index (κ2) is 22.0. The second-order valence-electron chi connectivity index (χ2n) is 8.52. The zero-order valence-electron chi connectivity index (χ0n) is 20.4. The molecule has 0 amide bonds. The van der Waals surface area contributed by atoms with Crippen LogP contribution in [0.25, 0.3) is 0 Å². The van der Waals surface area contributed by atoms with Gasteiger partial charge in [-0.2, -0.15) is 0 Å². The summed E-state index contributed by atoms with van der Waals surface area (Å²) in [6, 6.07) is 0. The van der Waals surface area contributed by atoms with Crippen LogP contribution in [-0.4, -0.2) is 62.5 Å². The maximum Gasteiger partial charge on any atom is 0.217 e. The lowest BCUT2D eigenvalue weighted by molar-refractivity contribution is -0.908. The fourth-order valence-electron chi connectivity index (χ4n) is 3.50. The van der Waals surface area contributed by atoms with Crippen LogP contribution in [0.2, 0.25) is 0 Å². The predicted molar refractivity (Wildman–Crippen MR) is 125 cm³/mol. The molecule has 1 N–H and O–H groups in total. The Morgan fingerprint density at radius 3 is 1.40 bits per heavy atom. The summed E-state index contributed by atoms with van der Waals surface area (Å²) >= 11 is 0. The SMILES string of the molecule is CCCCCCCCCCCCCCCC[N+](C)(CC)CCO.CCOS(=O)(=O)[O-]. The number of likely N-dealkylation sites (N-methyl/N-ethyl adjacent to an activating group) is 1. The number of aliphatic hydroxyl groups excluding tert-OH is 1. The van der Waals surface area contributed by atoms with Crippen molar-refractivity contribution in [3.8, 4) is 0 Å². The van der Waals surface area contributed by atoms with E-state index in [1.165, 1.54) is 103 Å². The lowest BCUT2D eigenvalue weighted by atomic mass is 10.0. The molecule has 0 fully saturated rings. The molecule has 0 spiro atoms. The van der Waals surface area contributed by atoms with E-state index in [1.807, 2.05) is 0 Å². The van der Waals surface area contributed by atoms with Gasteiger partial charge < -0.3 is 14.1 Å². The maximum absolute atomic E-state index is 9.45. The average Bonchev–Trinajstić information content (AvgIpc) is 2.68. The van der Waals surface area contributed by atoms with Crippen LogP contribution in [0.1, 0.15) is 111 Å². The number of hydrogen-bond acceptors (Lipinski definition) is 5. The molecule has 1 unspecified atom stereocenters. The first-order valence-corrected chi connectivity index (χ1v) is 13.6. The fraction of sp³-hybridized carbons (Fsp3) is 1.00. The Hall–Kier alpha value is -0.210. The summed E-state index contributed by atoms with van der Waals surface area (Å²) in [6.07, 6.45) is 19.9. The summed E-state index contributed by atoms with van der Waals surface area (Å²) in [5.41, 5.74) is 0. The number of quaternary nitrogens is 1. The van der Waals surface area contributed by atoms with Crippen LogP contribution in [-0.2, 0) is 14.6 Å². The number of hydrogen-bond donors (Lipinski definition) is 1. The van der Waals surface area contributed by atoms with E-state index in [4.69, 9.17) is 5.11 Å². The highest BCUT2D eigenvalue weighted by atomic mass is 32.3. The molecule has 0 radical (unpaired) electrons. The summed E-state index contributed by atoms with van der Waals surface area (Å²) in [6.45, 7) is 9.46. The third-order valence-electron chi connectivity index (χ3n) is 5.72. The van der Waals surface area contributed by atoms with Crippen molar-refractivity contribution in [2.24, 2.45) is 0 Å². The Kier molecular flexibility index (Phi) is 23.4. The zero-order valence-corrected chi connectivity index (χ0v) is 21.2. The van der Waals surface area contributed by atoms with Crippen LogP contribution in [0.5, 0.6) is 0 Å². The maximum atomic E-state index is 9.45. The Morgan fingerprint density at radius 1 is 0.733 bits per heavy atom. The number of nitrogens with zero attached hydrogens (tertiary/aromatic N) is 1. The minimum Gasteiger partial charge on any atom is -0.726 e. The van der Waals surface area contributed by atoms with Gasteiger partial charge in [-0.1, -0.05) is 84.0 Å². The molecule has 184 valence electrons. The minimum atomic E-state index is -4.42. The number of rotatable bonds is 20. The highest BCUT2D eigenvalue weighted by Gasteiger charge is 2.17. The third kappa shape index (κ3) is 25.8. The summed E-state index contributed by atoms with van der Waals surface area (Å²) in [4.78, 5) is 0. The van der Waals surface area contributed by atoms with Gasteiger partial charge in [0.25, 0.3) is 0 Å². The second-order valence-corrected chi connectivity index (χ2v) is 9.57. The van der Waals surface area contributed by atoms with Crippen molar-refractivity contribution in [1.82, 2.24) is 0 Å². The van der Waals surface area contributed by atoms with Gasteiger partial charge in [0.1, 0.15) is 6.54 Å². The highest BCUT2D eigenvalue weighted by Crippen LogP contribution is 2.13. The van der Waals surface area contributed by atoms with E-state index in [2.05, 4.69) is 25.1 Å². The zero-order chi connectivity index (χ0) is 23.1. The van der Waals surface area contributed by atoms with Crippen LogP contribution in [0.3, 0.4) is 0 Å². The van der Waals surface area contributed by atoms with Gasteiger partial charge in [-0.15, -0.1) is 0 Å². The molecule has 0 aromatic carbocycles. The van der Waals surface area contributed by atoms with Gasteiger partial charge in [-0.05, 0) is 26.7 Å². The highest BCUT2D eigenvalue weighted by molar-refractivity contribution is 7.80. The molecule has 0 saturated heterocycles. The average molecular weight is 454 g/mol. The third-order valence-corrected chi connectivity index (χ3v) is 6.24. The van der Waals surface area contributed by atoms with Gasteiger partial charge in [0, 0.05) is 0 Å². The summed E-state index contributed by atoms with van der Waals surface area (Å²) in [5, 5.41) is 9.13. The van der Waals surface area contributed by atoms with E-state index in [0.717, 1.165) is 17.6 Å². The molecule has 7 heteroatoms. The van der Waals surface area contributed by atoms with E-state index < -0.39 is 10.4 Å². The topological polar surface area (TPSA) is 86.7 Å². The summed E-state index contributed by atoms with van der Waals surface area (Å²) < 4.78 is 33.0. The molecular weight excluding hydrogens is 402 g/mol. The number of unbranched alkanes of at least 4 members (excludes halogenated alkanes) is 13. The first-order valence-electron chi connectivity index (χ1n) is 12.3. The van der Waals surface area contributed by atoms with Gasteiger partial charge in [0.05, 0.1) is 33.4 Å². The molecule has 0 aliphatic rings. The van der Waals surface area contributed by atoms with E-state index in [-0.39, 0.29) is 6.61 Å². The predicted octanol–water partition coefficient (Wildman–Crippen LogP) is 5.41. The van der Waals surface area contributed by atoms with Gasteiger partial charge in [0.15, 0.2) is 0 Å². The monoisotopic (exact) mass is 453 g/mol. The van der Waals surface area contributed by atoms with Gasteiger partial charge in [-0.3, -0.25) is 4.18 Å². The van der Waals surface area contributed by atoms with Crippen molar-refractivity contribution in [3.63, 3.8) is 0 Å². The molecule has 0 aliphatic heterocycles. The molecule has 0 heterocycles. The van der Waals surface area contributed by atoms with Crippen molar-refractivity contribution in [3.05, 3.63) is 0 Å². The Bertz CT molecular complexity index is 445. The van der Waals surface area contributed by atoms with Crippen LogP contribution >= 0.6 is 0 Å². The van der Waals surface area contributed by atoms with Crippen molar-refractivity contribution in [2.45, 2.75) is 111 Å². The van der Waals surface area contributed by atoms with E-state index in [0.29, 0.717) is 6.61 Å². The molecule has 30 heavy (non-hydrogen) atoms. The Labute approximate surface area is 187 Å². The lowest BCUT2D eigenvalue weighted by Gasteiger charge is -2.32. The normalized spacial score (nSPS) is 13.5. The van der Waals surface area contributed by atoms with Crippen LogP contribution < -0.4 is 0 Å². The lowest BCUT2D eigenvalue weighted by Crippen LogP contribution is -2.46. The molecule has 0 saturated carbocycles. The number of aliphatic hydroxyl groups is 1. The molecule has 0 bridgehead atoms. The summed E-state index contributed by atoms with van der Waals surface area (Å²) in [5.74, 6) is 0. The van der Waals surface area contributed by atoms with Crippen LogP contribution in [0.15, 0.2) is 0 Å². The van der Waals surface area contributed by atoms with Crippen LogP contribution in [0.4, 0.5) is 0 Å². The molecule has 0 rings (SSSR count). The molecular formula is C23H51NO5S. The van der Waals surface area contributed by atoms with E-state index >= 15 is 0 Å². The van der Waals surface area contributed by atoms with Gasteiger partial charge in [-0.25, -0.2) is 8.42 Å².